The van der Waals surface area contributed by atoms with Crippen LogP contribution in [0, 0.1) is 6.92 Å². The Morgan fingerprint density at radius 2 is 1.77 bits per heavy atom. The van der Waals surface area contributed by atoms with Gasteiger partial charge >= 0.3 is 6.09 Å². The van der Waals surface area contributed by atoms with Crippen molar-refractivity contribution in [3.8, 4) is 17.1 Å². The minimum absolute atomic E-state index is 0.0130. The number of para-hydroxylation sites is 1. The second-order valence-corrected chi connectivity index (χ2v) is 11.5. The molecule has 0 aliphatic carbocycles. The molecule has 1 aliphatic heterocycles. The van der Waals surface area contributed by atoms with Crippen LogP contribution in [-0.4, -0.2) is 70.5 Å². The highest BCUT2D eigenvalue weighted by molar-refractivity contribution is 7.91. The third-order valence-electron chi connectivity index (χ3n) is 6.64. The Bertz CT molecular complexity index is 1610. The number of aryl methyl sites for hydroxylation is 1. The molecule has 1 amide bonds. The van der Waals surface area contributed by atoms with Crippen LogP contribution in [-0.2, 0) is 21.2 Å². The first-order valence-corrected chi connectivity index (χ1v) is 14.1. The predicted octanol–water partition coefficient (Wildman–Crippen LogP) is 3.46. The standard InChI is InChI=1S/C28H28N4O6S/c1-19-11-12-21-23(15-19)29-26(22-9-5-6-10-24(22)34)30-27(21)32-14-13-31(16-25(32)39(36,37)18-33)28(35)38-17-20-7-3-2-4-8-20/h2-12,15,25,33-34H,13-14,16-18H2,1H3. The predicted molar refractivity (Wildman–Crippen MR) is 147 cm³/mol. The molecule has 2 N–H and O–H groups in total. The summed E-state index contributed by atoms with van der Waals surface area (Å²) in [6.07, 6.45) is -0.644. The molecule has 1 saturated heterocycles. The number of piperazine rings is 1. The number of aromatic hydroxyl groups is 1. The molecule has 2 heterocycles. The molecule has 10 nitrogen and oxygen atoms in total. The third-order valence-corrected chi connectivity index (χ3v) is 8.23. The van der Waals surface area contributed by atoms with Gasteiger partial charge in [0.05, 0.1) is 17.6 Å². The van der Waals surface area contributed by atoms with Crippen molar-refractivity contribution >= 4 is 32.7 Å². The third kappa shape index (κ3) is 5.50. The lowest BCUT2D eigenvalue weighted by Crippen LogP contribution is -2.58. The maximum Gasteiger partial charge on any atom is 0.410 e. The summed E-state index contributed by atoms with van der Waals surface area (Å²) in [5.74, 6) is -0.556. The van der Waals surface area contributed by atoms with Crippen molar-refractivity contribution in [1.29, 1.82) is 0 Å². The van der Waals surface area contributed by atoms with Crippen molar-refractivity contribution in [1.82, 2.24) is 14.9 Å². The Labute approximate surface area is 226 Å². The number of aliphatic hydroxyl groups is 1. The molecule has 1 atom stereocenters. The van der Waals surface area contributed by atoms with Crippen LogP contribution in [0.4, 0.5) is 10.6 Å². The number of carbonyl (C=O) groups is 1. The van der Waals surface area contributed by atoms with Crippen LogP contribution >= 0.6 is 0 Å². The van der Waals surface area contributed by atoms with Crippen molar-refractivity contribution in [2.45, 2.75) is 18.9 Å². The normalized spacial score (nSPS) is 15.9. The van der Waals surface area contributed by atoms with E-state index in [1.165, 1.54) is 11.0 Å². The number of carbonyl (C=O) groups excluding carboxylic acids is 1. The molecule has 202 valence electrons. The molecule has 1 unspecified atom stereocenters. The first-order valence-electron chi connectivity index (χ1n) is 12.4. The Morgan fingerprint density at radius 1 is 1.03 bits per heavy atom. The van der Waals surface area contributed by atoms with Crippen molar-refractivity contribution in [2.24, 2.45) is 0 Å². The Hall–Kier alpha value is -4.22. The van der Waals surface area contributed by atoms with E-state index < -0.39 is 27.2 Å². The van der Waals surface area contributed by atoms with Crippen LogP contribution < -0.4 is 4.90 Å². The molecule has 1 fully saturated rings. The van der Waals surface area contributed by atoms with E-state index in [0.717, 1.165) is 11.1 Å². The van der Waals surface area contributed by atoms with Gasteiger partial charge in [-0.05, 0) is 42.3 Å². The van der Waals surface area contributed by atoms with Crippen molar-refractivity contribution in [3.63, 3.8) is 0 Å². The number of ether oxygens (including phenoxy) is 1. The molecule has 0 spiro atoms. The molecular formula is C28H28N4O6S. The molecule has 4 aromatic rings. The number of phenolic OH excluding ortho intramolecular Hbond substituents is 1. The van der Waals surface area contributed by atoms with E-state index in [1.54, 1.807) is 23.1 Å². The SMILES string of the molecule is Cc1ccc2c(N3CCN(C(=O)OCc4ccccc4)CC3S(=O)(=O)CO)nc(-c3ccccc3O)nc2c1. The second-order valence-electron chi connectivity index (χ2n) is 9.33. The molecule has 1 aromatic heterocycles. The summed E-state index contributed by atoms with van der Waals surface area (Å²) in [6.45, 7) is 2.04. The topological polar surface area (TPSA) is 133 Å². The van der Waals surface area contributed by atoms with Gasteiger partial charge in [0, 0.05) is 18.5 Å². The summed E-state index contributed by atoms with van der Waals surface area (Å²) >= 11 is 0. The number of amides is 1. The highest BCUT2D eigenvalue weighted by Gasteiger charge is 2.40. The molecule has 1 aliphatic rings. The highest BCUT2D eigenvalue weighted by Crippen LogP contribution is 2.34. The molecule has 39 heavy (non-hydrogen) atoms. The molecule has 11 heteroatoms. The average molecular weight is 549 g/mol. The van der Waals surface area contributed by atoms with E-state index >= 15 is 0 Å². The zero-order valence-electron chi connectivity index (χ0n) is 21.3. The first kappa shape index (κ1) is 26.4. The number of fused-ring (bicyclic) bond motifs is 1. The van der Waals surface area contributed by atoms with Gasteiger partial charge in [0.25, 0.3) is 0 Å². The van der Waals surface area contributed by atoms with Crippen molar-refractivity contribution < 1.29 is 28.2 Å². The lowest BCUT2D eigenvalue weighted by atomic mass is 10.1. The second kappa shape index (κ2) is 10.9. The van der Waals surface area contributed by atoms with E-state index in [1.807, 2.05) is 55.5 Å². The number of phenols is 1. The van der Waals surface area contributed by atoms with E-state index in [9.17, 15) is 23.4 Å². The summed E-state index contributed by atoms with van der Waals surface area (Å²) in [6, 6.07) is 21.4. The fourth-order valence-corrected chi connectivity index (χ4v) is 5.76. The molecule has 5 rings (SSSR count). The molecule has 3 aromatic carbocycles. The highest BCUT2D eigenvalue weighted by atomic mass is 32.2. The van der Waals surface area contributed by atoms with Gasteiger partial charge in [-0.25, -0.2) is 23.2 Å². The molecule has 0 radical (unpaired) electrons. The van der Waals surface area contributed by atoms with Crippen LogP contribution in [0.3, 0.4) is 0 Å². The summed E-state index contributed by atoms with van der Waals surface area (Å²) in [7, 11) is -4.09. The minimum atomic E-state index is -4.09. The maximum absolute atomic E-state index is 13.1. The minimum Gasteiger partial charge on any atom is -0.507 e. The van der Waals surface area contributed by atoms with Crippen LogP contribution in [0.1, 0.15) is 11.1 Å². The van der Waals surface area contributed by atoms with Gasteiger partial charge in [0.2, 0.25) is 0 Å². The van der Waals surface area contributed by atoms with Crippen LogP contribution in [0.2, 0.25) is 0 Å². The lowest BCUT2D eigenvalue weighted by Gasteiger charge is -2.41. The zero-order chi connectivity index (χ0) is 27.6. The first-order chi connectivity index (χ1) is 18.8. The van der Waals surface area contributed by atoms with Crippen molar-refractivity contribution in [3.05, 3.63) is 83.9 Å². The average Bonchev–Trinajstić information content (AvgIpc) is 2.95. The number of benzene rings is 3. The van der Waals surface area contributed by atoms with E-state index in [2.05, 4.69) is 4.98 Å². The van der Waals surface area contributed by atoms with Gasteiger partial charge in [-0.15, -0.1) is 0 Å². The number of nitrogens with zero attached hydrogens (tertiary/aromatic N) is 4. The van der Waals surface area contributed by atoms with E-state index in [-0.39, 0.29) is 37.8 Å². The number of hydrogen-bond donors (Lipinski definition) is 2. The van der Waals surface area contributed by atoms with Crippen LogP contribution in [0.15, 0.2) is 72.8 Å². The van der Waals surface area contributed by atoms with Gasteiger partial charge in [-0.1, -0.05) is 48.5 Å². The molecule has 0 bridgehead atoms. The number of aliphatic hydroxyl groups excluding tert-OH is 1. The van der Waals surface area contributed by atoms with Gasteiger partial charge in [-0.2, -0.15) is 0 Å². The monoisotopic (exact) mass is 548 g/mol. The largest absolute Gasteiger partial charge is 0.507 e. The smallest absolute Gasteiger partial charge is 0.410 e. The van der Waals surface area contributed by atoms with E-state index in [4.69, 9.17) is 9.72 Å². The number of aromatic nitrogens is 2. The van der Waals surface area contributed by atoms with E-state index in [0.29, 0.717) is 22.3 Å². The van der Waals surface area contributed by atoms with Crippen molar-refractivity contribution in [2.75, 3.05) is 30.5 Å². The lowest BCUT2D eigenvalue weighted by molar-refractivity contribution is 0.0923. The molecule has 0 saturated carbocycles. The Morgan fingerprint density at radius 3 is 2.51 bits per heavy atom. The van der Waals surface area contributed by atoms with Crippen LogP contribution in [0.25, 0.3) is 22.3 Å². The number of sulfone groups is 1. The Kier molecular flexibility index (Phi) is 7.36. The van der Waals surface area contributed by atoms with Gasteiger partial charge in [0.1, 0.15) is 24.1 Å². The van der Waals surface area contributed by atoms with Gasteiger partial charge in [-0.3, -0.25) is 0 Å². The number of hydrogen-bond acceptors (Lipinski definition) is 9. The molecular weight excluding hydrogens is 520 g/mol. The number of rotatable bonds is 6. The summed E-state index contributed by atoms with van der Waals surface area (Å²) in [4.78, 5) is 25.1. The fourth-order valence-electron chi connectivity index (χ4n) is 4.59. The fraction of sp³-hybridized carbons (Fsp3) is 0.250. The maximum atomic E-state index is 13.1. The van der Waals surface area contributed by atoms with Gasteiger partial charge < -0.3 is 24.7 Å². The summed E-state index contributed by atoms with van der Waals surface area (Å²) in [5.41, 5.74) is 2.72. The quantitative estimate of drug-likeness (QED) is 0.372. The van der Waals surface area contributed by atoms with Gasteiger partial charge in [0.15, 0.2) is 21.0 Å². The number of anilines is 1. The van der Waals surface area contributed by atoms with Crippen LogP contribution in [0.5, 0.6) is 5.75 Å². The Balaban J connectivity index is 1.52. The summed E-state index contributed by atoms with van der Waals surface area (Å²) in [5, 5.41) is 19.6. The summed E-state index contributed by atoms with van der Waals surface area (Å²) < 4.78 is 31.7. The zero-order valence-corrected chi connectivity index (χ0v) is 22.1.